The molecule has 0 bridgehead atoms. The van der Waals surface area contributed by atoms with Crippen molar-refractivity contribution in [2.75, 3.05) is 20.3 Å². The van der Waals surface area contributed by atoms with Crippen LogP contribution in [-0.2, 0) is 11.3 Å². The van der Waals surface area contributed by atoms with E-state index in [4.69, 9.17) is 14.2 Å². The minimum absolute atomic E-state index is 0.196. The fraction of sp³-hybridized carbons (Fsp3) is 0.294. The molecule has 0 saturated heterocycles. The minimum atomic E-state index is -0.657. The lowest BCUT2D eigenvalue weighted by atomic mass is 10.2. The average molecular weight is 288 g/mol. The van der Waals surface area contributed by atoms with Gasteiger partial charge in [0, 0.05) is 0 Å². The van der Waals surface area contributed by atoms with Crippen LogP contribution < -0.4 is 9.47 Å². The van der Waals surface area contributed by atoms with Crippen LogP contribution in [0.25, 0.3) is 0 Å². The Bertz CT molecular complexity index is 510. The van der Waals surface area contributed by atoms with Gasteiger partial charge in [-0.1, -0.05) is 30.3 Å². The first kappa shape index (κ1) is 15.4. The van der Waals surface area contributed by atoms with E-state index in [1.54, 1.807) is 19.2 Å². The average Bonchev–Trinajstić information content (AvgIpc) is 2.54. The minimum Gasteiger partial charge on any atom is -0.497 e. The Balaban J connectivity index is 1.66. The van der Waals surface area contributed by atoms with Gasteiger partial charge in [0.1, 0.15) is 24.2 Å². The molecule has 0 aromatic heterocycles. The molecule has 0 aliphatic rings. The zero-order valence-corrected chi connectivity index (χ0v) is 12.1. The molecular weight excluding hydrogens is 268 g/mol. The topological polar surface area (TPSA) is 47.9 Å². The maximum Gasteiger partial charge on any atom is 0.119 e. The summed E-state index contributed by atoms with van der Waals surface area (Å²) in [4.78, 5) is 0. The largest absolute Gasteiger partial charge is 0.497 e. The Labute approximate surface area is 124 Å². The molecule has 2 aromatic carbocycles. The summed E-state index contributed by atoms with van der Waals surface area (Å²) in [6, 6.07) is 17.1. The van der Waals surface area contributed by atoms with E-state index in [9.17, 15) is 5.11 Å². The van der Waals surface area contributed by atoms with Gasteiger partial charge in [-0.25, -0.2) is 0 Å². The molecule has 0 aliphatic heterocycles. The summed E-state index contributed by atoms with van der Waals surface area (Å²) < 4.78 is 16.0. The highest BCUT2D eigenvalue weighted by atomic mass is 16.5. The molecule has 21 heavy (non-hydrogen) atoms. The van der Waals surface area contributed by atoms with Gasteiger partial charge in [-0.3, -0.25) is 0 Å². The molecule has 4 heteroatoms. The molecular formula is C17H20O4. The summed E-state index contributed by atoms with van der Waals surface area (Å²) in [7, 11) is 1.61. The van der Waals surface area contributed by atoms with E-state index in [1.807, 2.05) is 42.5 Å². The molecule has 0 aliphatic carbocycles. The number of rotatable bonds is 8. The number of methoxy groups -OCH3 is 1. The van der Waals surface area contributed by atoms with Gasteiger partial charge in [0.05, 0.1) is 20.3 Å². The Hall–Kier alpha value is -2.04. The van der Waals surface area contributed by atoms with Crippen LogP contribution in [0.4, 0.5) is 0 Å². The van der Waals surface area contributed by atoms with Crippen LogP contribution in [-0.4, -0.2) is 31.5 Å². The van der Waals surface area contributed by atoms with Crippen LogP contribution in [0.2, 0.25) is 0 Å². The van der Waals surface area contributed by atoms with Crippen molar-refractivity contribution in [2.45, 2.75) is 12.7 Å². The first-order chi connectivity index (χ1) is 10.3. The van der Waals surface area contributed by atoms with Gasteiger partial charge in [0.2, 0.25) is 0 Å². The molecule has 2 rings (SSSR count). The number of hydrogen-bond acceptors (Lipinski definition) is 4. The highest BCUT2D eigenvalue weighted by molar-refractivity contribution is 5.31. The molecule has 0 amide bonds. The van der Waals surface area contributed by atoms with Crippen LogP contribution >= 0.6 is 0 Å². The number of aliphatic hydroxyl groups excluding tert-OH is 1. The molecule has 4 nitrogen and oxygen atoms in total. The molecule has 112 valence electrons. The summed E-state index contributed by atoms with van der Waals surface area (Å²) in [5.74, 6) is 1.46. The second-order valence-corrected chi connectivity index (χ2v) is 4.64. The molecule has 0 saturated carbocycles. The van der Waals surface area contributed by atoms with Crippen molar-refractivity contribution in [3.8, 4) is 11.5 Å². The summed E-state index contributed by atoms with van der Waals surface area (Å²) >= 11 is 0. The third kappa shape index (κ3) is 5.45. The zero-order valence-electron chi connectivity index (χ0n) is 12.1. The van der Waals surface area contributed by atoms with Crippen molar-refractivity contribution in [3.63, 3.8) is 0 Å². The fourth-order valence-electron chi connectivity index (χ4n) is 1.80. The Morgan fingerprint density at radius 3 is 2.24 bits per heavy atom. The molecule has 2 aromatic rings. The van der Waals surface area contributed by atoms with Crippen LogP contribution in [0.5, 0.6) is 11.5 Å². The first-order valence-electron chi connectivity index (χ1n) is 6.84. The highest BCUT2D eigenvalue weighted by Gasteiger charge is 2.06. The van der Waals surface area contributed by atoms with Gasteiger partial charge < -0.3 is 19.3 Å². The molecule has 1 unspecified atom stereocenters. The van der Waals surface area contributed by atoms with Crippen molar-refractivity contribution in [1.29, 1.82) is 0 Å². The zero-order chi connectivity index (χ0) is 14.9. The Morgan fingerprint density at radius 2 is 1.57 bits per heavy atom. The van der Waals surface area contributed by atoms with E-state index in [-0.39, 0.29) is 13.2 Å². The first-order valence-corrected chi connectivity index (χ1v) is 6.84. The molecule has 0 heterocycles. The standard InChI is InChI=1S/C17H20O4/c1-19-16-7-9-17(10-8-16)21-13-15(18)12-20-11-14-5-3-2-4-6-14/h2-10,15,18H,11-13H2,1H3. The van der Waals surface area contributed by atoms with Gasteiger partial charge in [-0.05, 0) is 29.8 Å². The molecule has 1 N–H and O–H groups in total. The van der Waals surface area contributed by atoms with Crippen LogP contribution in [0, 0.1) is 0 Å². The normalized spacial score (nSPS) is 11.9. The number of hydrogen-bond donors (Lipinski definition) is 1. The van der Waals surface area contributed by atoms with Gasteiger partial charge >= 0.3 is 0 Å². The van der Waals surface area contributed by atoms with E-state index in [2.05, 4.69) is 0 Å². The predicted molar refractivity (Wildman–Crippen MR) is 80.6 cm³/mol. The fourth-order valence-corrected chi connectivity index (χ4v) is 1.80. The maximum absolute atomic E-state index is 9.81. The van der Waals surface area contributed by atoms with Crippen LogP contribution in [0.15, 0.2) is 54.6 Å². The number of benzene rings is 2. The van der Waals surface area contributed by atoms with Crippen LogP contribution in [0.1, 0.15) is 5.56 Å². The molecule has 1 atom stereocenters. The second-order valence-electron chi connectivity index (χ2n) is 4.64. The van der Waals surface area contributed by atoms with Crippen LogP contribution in [0.3, 0.4) is 0 Å². The lowest BCUT2D eigenvalue weighted by Crippen LogP contribution is -2.23. The smallest absolute Gasteiger partial charge is 0.119 e. The monoisotopic (exact) mass is 288 g/mol. The summed E-state index contributed by atoms with van der Waals surface area (Å²) in [5.41, 5.74) is 1.08. The lowest BCUT2D eigenvalue weighted by Gasteiger charge is -2.13. The van der Waals surface area contributed by atoms with Crippen molar-refractivity contribution in [1.82, 2.24) is 0 Å². The van der Waals surface area contributed by atoms with Crippen molar-refractivity contribution >= 4 is 0 Å². The van der Waals surface area contributed by atoms with Gasteiger partial charge in [0.15, 0.2) is 0 Å². The van der Waals surface area contributed by atoms with E-state index in [0.29, 0.717) is 12.4 Å². The van der Waals surface area contributed by atoms with Gasteiger partial charge in [0.25, 0.3) is 0 Å². The van der Waals surface area contributed by atoms with Crippen molar-refractivity contribution in [2.24, 2.45) is 0 Å². The molecule has 0 spiro atoms. The molecule has 0 radical (unpaired) electrons. The van der Waals surface area contributed by atoms with Gasteiger partial charge in [-0.15, -0.1) is 0 Å². The summed E-state index contributed by atoms with van der Waals surface area (Å²) in [6.45, 7) is 0.923. The van der Waals surface area contributed by atoms with Crippen molar-refractivity contribution < 1.29 is 19.3 Å². The van der Waals surface area contributed by atoms with E-state index in [1.165, 1.54) is 0 Å². The lowest BCUT2D eigenvalue weighted by molar-refractivity contribution is 0.00548. The summed E-state index contributed by atoms with van der Waals surface area (Å²) in [6.07, 6.45) is -0.657. The molecule has 0 fully saturated rings. The Kier molecular flexibility index (Phi) is 6.06. The van der Waals surface area contributed by atoms with Crippen molar-refractivity contribution in [3.05, 3.63) is 60.2 Å². The van der Waals surface area contributed by atoms with Gasteiger partial charge in [-0.2, -0.15) is 0 Å². The number of aliphatic hydroxyl groups is 1. The predicted octanol–water partition coefficient (Wildman–Crippen LogP) is 2.65. The maximum atomic E-state index is 9.81. The SMILES string of the molecule is COc1ccc(OCC(O)COCc2ccccc2)cc1. The summed E-state index contributed by atoms with van der Waals surface area (Å²) in [5, 5.41) is 9.81. The second kappa shape index (κ2) is 8.29. The number of ether oxygens (including phenoxy) is 3. The van der Waals surface area contributed by atoms with E-state index < -0.39 is 6.10 Å². The Morgan fingerprint density at radius 1 is 0.905 bits per heavy atom. The quantitative estimate of drug-likeness (QED) is 0.811. The van der Waals surface area contributed by atoms with E-state index in [0.717, 1.165) is 11.3 Å². The van der Waals surface area contributed by atoms with E-state index >= 15 is 0 Å². The third-order valence-corrected chi connectivity index (χ3v) is 2.92. The third-order valence-electron chi connectivity index (χ3n) is 2.92. The highest BCUT2D eigenvalue weighted by Crippen LogP contribution is 2.17.